The van der Waals surface area contributed by atoms with Crippen molar-refractivity contribution in [2.75, 3.05) is 33.8 Å². The molecule has 1 unspecified atom stereocenters. The number of aliphatic hydroxyl groups excluding tert-OH is 1. The van der Waals surface area contributed by atoms with Crippen molar-refractivity contribution in [3.8, 4) is 5.75 Å². The van der Waals surface area contributed by atoms with Gasteiger partial charge < -0.3 is 19.6 Å². The van der Waals surface area contributed by atoms with E-state index in [2.05, 4.69) is 15.9 Å². The number of amides is 1. The van der Waals surface area contributed by atoms with Gasteiger partial charge in [0, 0.05) is 23.1 Å². The molecule has 1 saturated heterocycles. The van der Waals surface area contributed by atoms with Gasteiger partial charge in [-0.2, -0.15) is 0 Å². The SMILES string of the molecule is CCOc1cccc(C(O)=C2C(=O)C(=O)N(CCN(C)C)C2c2ccc(Br)cc2)c1. The van der Waals surface area contributed by atoms with Crippen LogP contribution in [0, 0.1) is 0 Å². The third-order valence-electron chi connectivity index (χ3n) is 4.93. The summed E-state index contributed by atoms with van der Waals surface area (Å²) in [6.07, 6.45) is 0. The Morgan fingerprint density at radius 1 is 1.17 bits per heavy atom. The smallest absolute Gasteiger partial charge is 0.295 e. The number of aliphatic hydroxyl groups is 1. The summed E-state index contributed by atoms with van der Waals surface area (Å²) < 4.78 is 6.40. The number of halogens is 1. The van der Waals surface area contributed by atoms with E-state index >= 15 is 0 Å². The molecule has 1 amide bonds. The number of carbonyl (C=O) groups is 2. The molecule has 0 saturated carbocycles. The van der Waals surface area contributed by atoms with Crippen molar-refractivity contribution in [3.05, 3.63) is 69.7 Å². The topological polar surface area (TPSA) is 70.1 Å². The van der Waals surface area contributed by atoms with Gasteiger partial charge in [-0.15, -0.1) is 0 Å². The highest BCUT2D eigenvalue weighted by atomic mass is 79.9. The molecular weight excluding hydrogens is 448 g/mol. The number of ketones is 1. The largest absolute Gasteiger partial charge is 0.507 e. The predicted octanol–water partition coefficient (Wildman–Crippen LogP) is 3.83. The minimum absolute atomic E-state index is 0.0923. The monoisotopic (exact) mass is 472 g/mol. The van der Waals surface area contributed by atoms with Gasteiger partial charge in [-0.3, -0.25) is 9.59 Å². The molecule has 0 radical (unpaired) electrons. The maximum absolute atomic E-state index is 13.0. The van der Waals surface area contributed by atoms with Gasteiger partial charge in [0.25, 0.3) is 11.7 Å². The third-order valence-corrected chi connectivity index (χ3v) is 5.46. The van der Waals surface area contributed by atoms with Gasteiger partial charge in [0.05, 0.1) is 18.2 Å². The van der Waals surface area contributed by atoms with Crippen LogP contribution < -0.4 is 4.74 Å². The Labute approximate surface area is 184 Å². The summed E-state index contributed by atoms with van der Waals surface area (Å²) in [5, 5.41) is 11.1. The van der Waals surface area contributed by atoms with Gasteiger partial charge in [0.2, 0.25) is 0 Å². The van der Waals surface area contributed by atoms with Crippen LogP contribution >= 0.6 is 15.9 Å². The first-order chi connectivity index (χ1) is 14.3. The molecule has 6 nitrogen and oxygen atoms in total. The van der Waals surface area contributed by atoms with Crippen LogP contribution in [0.2, 0.25) is 0 Å². The molecular formula is C23H25BrN2O4. The normalized spacial score (nSPS) is 18.3. The second kappa shape index (κ2) is 9.45. The molecule has 1 N–H and O–H groups in total. The van der Waals surface area contributed by atoms with Crippen LogP contribution in [-0.4, -0.2) is 60.4 Å². The van der Waals surface area contributed by atoms with Crippen LogP contribution in [-0.2, 0) is 9.59 Å². The van der Waals surface area contributed by atoms with Gasteiger partial charge in [0.15, 0.2) is 0 Å². The quantitative estimate of drug-likeness (QED) is 0.376. The zero-order chi connectivity index (χ0) is 21.8. The van der Waals surface area contributed by atoms with Gasteiger partial charge in [-0.05, 0) is 50.8 Å². The number of nitrogens with zero attached hydrogens (tertiary/aromatic N) is 2. The summed E-state index contributed by atoms with van der Waals surface area (Å²) in [6.45, 7) is 3.32. The standard InChI is InChI=1S/C23H25BrN2O4/c1-4-30-18-7-5-6-16(14-18)21(27)19-20(15-8-10-17(24)11-9-15)26(13-12-25(2)3)23(29)22(19)28/h5-11,14,20,27H,4,12-13H2,1-3H3. The summed E-state index contributed by atoms with van der Waals surface area (Å²) in [6, 6.07) is 13.7. The fourth-order valence-corrected chi connectivity index (χ4v) is 3.73. The lowest BCUT2D eigenvalue weighted by Gasteiger charge is -2.26. The highest BCUT2D eigenvalue weighted by Crippen LogP contribution is 2.39. The molecule has 158 valence electrons. The van der Waals surface area contributed by atoms with Gasteiger partial charge in [-0.1, -0.05) is 40.2 Å². The summed E-state index contributed by atoms with van der Waals surface area (Å²) in [4.78, 5) is 29.3. The van der Waals surface area contributed by atoms with Crippen LogP contribution in [0.5, 0.6) is 5.75 Å². The van der Waals surface area contributed by atoms with Crippen molar-refractivity contribution in [2.24, 2.45) is 0 Å². The predicted molar refractivity (Wildman–Crippen MR) is 119 cm³/mol. The number of carbonyl (C=O) groups excluding carboxylic acids is 2. The lowest BCUT2D eigenvalue weighted by atomic mass is 9.95. The molecule has 1 aliphatic rings. The maximum Gasteiger partial charge on any atom is 0.295 e. The highest BCUT2D eigenvalue weighted by molar-refractivity contribution is 9.10. The molecule has 0 aliphatic carbocycles. The van der Waals surface area contributed by atoms with E-state index in [0.29, 0.717) is 31.0 Å². The van der Waals surface area contributed by atoms with Crippen LogP contribution in [0.1, 0.15) is 24.1 Å². The zero-order valence-corrected chi connectivity index (χ0v) is 18.8. The summed E-state index contributed by atoms with van der Waals surface area (Å²) in [5.41, 5.74) is 1.29. The Hall–Kier alpha value is -2.64. The Bertz CT molecular complexity index is 969. The second-order valence-corrected chi connectivity index (χ2v) is 8.22. The maximum atomic E-state index is 13.0. The number of benzene rings is 2. The van der Waals surface area contributed by atoms with E-state index < -0.39 is 17.7 Å². The zero-order valence-electron chi connectivity index (χ0n) is 17.3. The molecule has 30 heavy (non-hydrogen) atoms. The Morgan fingerprint density at radius 2 is 1.87 bits per heavy atom. The molecule has 1 heterocycles. The highest BCUT2D eigenvalue weighted by Gasteiger charge is 2.45. The molecule has 2 aromatic rings. The molecule has 7 heteroatoms. The van der Waals surface area contributed by atoms with Crippen molar-refractivity contribution >= 4 is 33.4 Å². The fraction of sp³-hybridized carbons (Fsp3) is 0.304. The minimum Gasteiger partial charge on any atom is -0.507 e. The Morgan fingerprint density at radius 3 is 2.50 bits per heavy atom. The number of likely N-dealkylation sites (tertiary alicyclic amines) is 1. The molecule has 3 rings (SSSR count). The lowest BCUT2D eigenvalue weighted by Crippen LogP contribution is -2.35. The minimum atomic E-state index is -0.680. The second-order valence-electron chi connectivity index (χ2n) is 7.31. The summed E-state index contributed by atoms with van der Waals surface area (Å²) in [7, 11) is 3.81. The molecule has 1 fully saturated rings. The van der Waals surface area contributed by atoms with Crippen molar-refractivity contribution < 1.29 is 19.4 Å². The summed E-state index contributed by atoms with van der Waals surface area (Å²) in [5.74, 6) is -0.896. The van der Waals surface area contributed by atoms with E-state index in [1.807, 2.05) is 50.2 Å². The van der Waals surface area contributed by atoms with E-state index in [4.69, 9.17) is 4.74 Å². The number of hydrogen-bond acceptors (Lipinski definition) is 5. The number of hydrogen-bond donors (Lipinski definition) is 1. The van der Waals surface area contributed by atoms with Crippen LogP contribution in [0.25, 0.3) is 5.76 Å². The molecule has 0 bridgehead atoms. The van der Waals surface area contributed by atoms with Crippen LogP contribution in [0.3, 0.4) is 0 Å². The molecule has 0 spiro atoms. The van der Waals surface area contributed by atoms with E-state index in [0.717, 1.165) is 10.0 Å². The van der Waals surface area contributed by atoms with E-state index in [9.17, 15) is 14.7 Å². The van der Waals surface area contributed by atoms with Crippen molar-refractivity contribution in [1.29, 1.82) is 0 Å². The van der Waals surface area contributed by atoms with Gasteiger partial charge in [0.1, 0.15) is 11.5 Å². The van der Waals surface area contributed by atoms with Crippen molar-refractivity contribution in [1.82, 2.24) is 9.80 Å². The van der Waals surface area contributed by atoms with E-state index in [1.165, 1.54) is 4.90 Å². The molecule has 1 atom stereocenters. The molecule has 2 aromatic carbocycles. The van der Waals surface area contributed by atoms with Crippen molar-refractivity contribution in [3.63, 3.8) is 0 Å². The third kappa shape index (κ3) is 4.57. The first kappa shape index (κ1) is 22.1. The average Bonchev–Trinajstić information content (AvgIpc) is 2.97. The van der Waals surface area contributed by atoms with E-state index in [-0.39, 0.29) is 11.3 Å². The number of ether oxygens (including phenoxy) is 1. The number of rotatable bonds is 7. The Kier molecular flexibility index (Phi) is 6.95. The van der Waals surface area contributed by atoms with Gasteiger partial charge in [-0.25, -0.2) is 0 Å². The summed E-state index contributed by atoms with van der Waals surface area (Å²) >= 11 is 3.42. The van der Waals surface area contributed by atoms with Crippen LogP contribution in [0.15, 0.2) is 58.6 Å². The van der Waals surface area contributed by atoms with Crippen molar-refractivity contribution in [2.45, 2.75) is 13.0 Å². The van der Waals surface area contributed by atoms with E-state index in [1.54, 1.807) is 24.3 Å². The first-order valence-corrected chi connectivity index (χ1v) is 10.5. The average molecular weight is 473 g/mol. The molecule has 1 aliphatic heterocycles. The first-order valence-electron chi connectivity index (χ1n) is 9.75. The fourth-order valence-electron chi connectivity index (χ4n) is 3.47. The lowest BCUT2D eigenvalue weighted by molar-refractivity contribution is -0.140. The van der Waals surface area contributed by atoms with Gasteiger partial charge >= 0.3 is 0 Å². The van der Waals surface area contributed by atoms with Crippen LogP contribution in [0.4, 0.5) is 0 Å². The Balaban J connectivity index is 2.12. The number of likely N-dealkylation sites (N-methyl/N-ethyl adjacent to an activating group) is 1. The molecule has 0 aromatic heterocycles. The number of Topliss-reactive ketones (excluding diaryl/α,β-unsaturated/α-hetero) is 1.